The van der Waals surface area contributed by atoms with Gasteiger partial charge < -0.3 is 9.80 Å². The minimum absolute atomic E-state index is 0.180. The lowest BCUT2D eigenvalue weighted by Crippen LogP contribution is -2.47. The molecule has 0 aliphatic carbocycles. The maximum atomic E-state index is 12.6. The highest BCUT2D eigenvalue weighted by Gasteiger charge is 2.20. The lowest BCUT2D eigenvalue weighted by Gasteiger charge is -2.32. The first kappa shape index (κ1) is 16.5. The molecule has 0 N–H and O–H groups in total. The Morgan fingerprint density at radius 3 is 2.09 bits per heavy atom. The smallest absolute Gasteiger partial charge is 0.253 e. The molecule has 1 amide bonds. The van der Waals surface area contributed by atoms with Crippen LogP contribution < -0.4 is 0 Å². The van der Waals surface area contributed by atoms with Crippen LogP contribution in [0.5, 0.6) is 0 Å². The summed E-state index contributed by atoms with van der Waals surface area (Å²) in [6, 6.07) is 8.28. The van der Waals surface area contributed by atoms with Crippen LogP contribution in [0.15, 0.2) is 24.3 Å². The van der Waals surface area contributed by atoms with Gasteiger partial charge in [-0.2, -0.15) is 0 Å². The van der Waals surface area contributed by atoms with Crippen LogP contribution in [0.2, 0.25) is 0 Å². The summed E-state index contributed by atoms with van der Waals surface area (Å²) in [5, 5.41) is 0. The highest BCUT2D eigenvalue weighted by molar-refractivity contribution is 5.94. The average Bonchev–Trinajstić information content (AvgIpc) is 2.84. The van der Waals surface area contributed by atoms with Gasteiger partial charge in [0.25, 0.3) is 5.91 Å². The van der Waals surface area contributed by atoms with Crippen molar-refractivity contribution >= 4 is 5.91 Å². The molecule has 0 atom stereocenters. The Bertz CT molecular complexity index is 498. The van der Waals surface area contributed by atoms with Crippen LogP contribution in [0.4, 0.5) is 0 Å². The van der Waals surface area contributed by atoms with Crippen LogP contribution in [0.25, 0.3) is 0 Å². The van der Waals surface area contributed by atoms with E-state index in [0.29, 0.717) is 0 Å². The molecule has 0 spiro atoms. The van der Waals surface area contributed by atoms with E-state index < -0.39 is 0 Å². The van der Waals surface area contributed by atoms with E-state index in [-0.39, 0.29) is 5.91 Å². The van der Waals surface area contributed by atoms with Gasteiger partial charge in [0, 0.05) is 38.3 Å². The Labute approximate surface area is 140 Å². The van der Waals surface area contributed by atoms with Gasteiger partial charge in [-0.15, -0.1) is 0 Å². The Kier molecular flexibility index (Phi) is 5.68. The van der Waals surface area contributed by atoms with Crippen LogP contribution in [-0.2, 0) is 6.54 Å². The first-order chi connectivity index (χ1) is 11.2. The number of hydrogen-bond acceptors (Lipinski definition) is 3. The van der Waals surface area contributed by atoms with Crippen molar-refractivity contribution in [3.8, 4) is 0 Å². The Morgan fingerprint density at radius 2 is 1.48 bits per heavy atom. The normalized spacial score (nSPS) is 21.2. The average molecular weight is 315 g/mol. The van der Waals surface area contributed by atoms with E-state index in [9.17, 15) is 4.79 Å². The summed E-state index contributed by atoms with van der Waals surface area (Å²) in [6.45, 7) is 7.06. The number of carbonyl (C=O) groups is 1. The number of carbonyl (C=O) groups excluding carboxylic acids is 1. The fourth-order valence-electron chi connectivity index (χ4n) is 3.50. The number of nitrogens with zero attached hydrogens (tertiary/aromatic N) is 3. The molecule has 1 aromatic carbocycles. The van der Waals surface area contributed by atoms with Gasteiger partial charge in [0.05, 0.1) is 0 Å². The molecule has 126 valence electrons. The number of piperazine rings is 1. The summed E-state index contributed by atoms with van der Waals surface area (Å²) in [7, 11) is 2.11. The largest absolute Gasteiger partial charge is 0.336 e. The van der Waals surface area contributed by atoms with E-state index in [2.05, 4.69) is 29.0 Å². The third-order valence-electron chi connectivity index (χ3n) is 5.10. The summed E-state index contributed by atoms with van der Waals surface area (Å²) in [4.78, 5) is 19.3. The molecule has 23 heavy (non-hydrogen) atoms. The maximum Gasteiger partial charge on any atom is 0.253 e. The fraction of sp³-hybridized carbons (Fsp3) is 0.632. The molecule has 0 radical (unpaired) electrons. The van der Waals surface area contributed by atoms with E-state index in [1.165, 1.54) is 44.3 Å². The van der Waals surface area contributed by atoms with Gasteiger partial charge in [0.2, 0.25) is 0 Å². The van der Waals surface area contributed by atoms with Crippen molar-refractivity contribution in [2.75, 3.05) is 46.3 Å². The molecule has 2 aliphatic rings. The molecule has 0 bridgehead atoms. The molecule has 0 unspecified atom stereocenters. The van der Waals surface area contributed by atoms with Gasteiger partial charge in [0.1, 0.15) is 0 Å². The molecule has 4 nitrogen and oxygen atoms in total. The van der Waals surface area contributed by atoms with Crippen molar-refractivity contribution in [3.05, 3.63) is 35.4 Å². The predicted molar refractivity (Wildman–Crippen MR) is 93.6 cm³/mol. The van der Waals surface area contributed by atoms with Crippen molar-refractivity contribution in [1.82, 2.24) is 14.7 Å². The standard InChI is InChI=1S/C19H29N3O/c1-20-12-14-22(15-13-20)19(23)18-8-6-17(7-9-18)16-21-10-4-2-3-5-11-21/h6-9H,2-5,10-16H2,1H3. The second kappa shape index (κ2) is 7.93. The van der Waals surface area contributed by atoms with Crippen molar-refractivity contribution in [1.29, 1.82) is 0 Å². The molecular weight excluding hydrogens is 286 g/mol. The lowest BCUT2D eigenvalue weighted by molar-refractivity contribution is 0.0664. The number of likely N-dealkylation sites (N-methyl/N-ethyl adjacent to an activating group) is 1. The van der Waals surface area contributed by atoms with Crippen molar-refractivity contribution < 1.29 is 4.79 Å². The minimum Gasteiger partial charge on any atom is -0.336 e. The molecule has 0 saturated carbocycles. The minimum atomic E-state index is 0.180. The second-order valence-electron chi connectivity index (χ2n) is 6.98. The first-order valence-corrected chi connectivity index (χ1v) is 9.01. The molecule has 2 aliphatic heterocycles. The maximum absolute atomic E-state index is 12.6. The molecule has 0 aromatic heterocycles. The highest BCUT2D eigenvalue weighted by atomic mass is 16.2. The second-order valence-corrected chi connectivity index (χ2v) is 6.98. The van der Waals surface area contributed by atoms with E-state index in [1.54, 1.807) is 0 Å². The van der Waals surface area contributed by atoms with Crippen LogP contribution >= 0.6 is 0 Å². The van der Waals surface area contributed by atoms with E-state index >= 15 is 0 Å². The van der Waals surface area contributed by atoms with Crippen LogP contribution in [-0.4, -0.2) is 66.9 Å². The zero-order valence-electron chi connectivity index (χ0n) is 14.3. The lowest BCUT2D eigenvalue weighted by atomic mass is 10.1. The molecule has 3 rings (SSSR count). The SMILES string of the molecule is CN1CCN(C(=O)c2ccc(CN3CCCCCC3)cc2)CC1. The first-order valence-electron chi connectivity index (χ1n) is 9.01. The van der Waals surface area contributed by atoms with Crippen molar-refractivity contribution in [3.63, 3.8) is 0 Å². The van der Waals surface area contributed by atoms with Gasteiger partial charge in [-0.3, -0.25) is 9.69 Å². The molecule has 2 fully saturated rings. The Balaban J connectivity index is 1.56. The molecular formula is C19H29N3O. The number of rotatable bonds is 3. The topological polar surface area (TPSA) is 26.8 Å². The number of benzene rings is 1. The van der Waals surface area contributed by atoms with Crippen LogP contribution in [0, 0.1) is 0 Å². The summed E-state index contributed by atoms with van der Waals surface area (Å²) < 4.78 is 0. The number of amides is 1. The third-order valence-corrected chi connectivity index (χ3v) is 5.10. The number of likely N-dealkylation sites (tertiary alicyclic amines) is 1. The van der Waals surface area contributed by atoms with E-state index in [0.717, 1.165) is 38.3 Å². The highest BCUT2D eigenvalue weighted by Crippen LogP contribution is 2.15. The summed E-state index contributed by atoms with van der Waals surface area (Å²) in [6.07, 6.45) is 5.38. The quantitative estimate of drug-likeness (QED) is 0.857. The Morgan fingerprint density at radius 1 is 0.870 bits per heavy atom. The summed E-state index contributed by atoms with van der Waals surface area (Å²) >= 11 is 0. The van der Waals surface area contributed by atoms with Crippen LogP contribution in [0.1, 0.15) is 41.6 Å². The molecule has 2 heterocycles. The van der Waals surface area contributed by atoms with Crippen molar-refractivity contribution in [2.45, 2.75) is 32.2 Å². The van der Waals surface area contributed by atoms with E-state index in [1.807, 2.05) is 17.0 Å². The summed E-state index contributed by atoms with van der Waals surface area (Å²) in [5.74, 6) is 0.180. The third kappa shape index (κ3) is 4.55. The Hall–Kier alpha value is -1.39. The number of hydrogen-bond donors (Lipinski definition) is 0. The fourth-order valence-corrected chi connectivity index (χ4v) is 3.50. The predicted octanol–water partition coefficient (Wildman–Crippen LogP) is 2.45. The van der Waals surface area contributed by atoms with Gasteiger partial charge >= 0.3 is 0 Å². The van der Waals surface area contributed by atoms with E-state index in [4.69, 9.17) is 0 Å². The monoisotopic (exact) mass is 315 g/mol. The molecule has 1 aromatic rings. The van der Waals surface area contributed by atoms with Gasteiger partial charge in [-0.1, -0.05) is 25.0 Å². The zero-order valence-corrected chi connectivity index (χ0v) is 14.3. The van der Waals surface area contributed by atoms with Gasteiger partial charge in [-0.25, -0.2) is 0 Å². The van der Waals surface area contributed by atoms with Gasteiger partial charge in [0.15, 0.2) is 0 Å². The van der Waals surface area contributed by atoms with Crippen molar-refractivity contribution in [2.24, 2.45) is 0 Å². The van der Waals surface area contributed by atoms with Gasteiger partial charge in [-0.05, 0) is 50.7 Å². The van der Waals surface area contributed by atoms with Crippen LogP contribution in [0.3, 0.4) is 0 Å². The molecule has 2 saturated heterocycles. The summed E-state index contributed by atoms with van der Waals surface area (Å²) in [5.41, 5.74) is 2.15. The zero-order chi connectivity index (χ0) is 16.1. The molecule has 4 heteroatoms.